The van der Waals surface area contributed by atoms with Crippen molar-refractivity contribution in [2.75, 3.05) is 7.11 Å². The monoisotopic (exact) mass is 415 g/mol. The number of amides is 2. The van der Waals surface area contributed by atoms with Crippen LogP contribution in [0.5, 0.6) is 5.75 Å². The molecule has 0 radical (unpaired) electrons. The molecule has 0 aliphatic carbocycles. The number of fused-ring (bicyclic) bond motifs is 1. The molecule has 0 fully saturated rings. The molecule has 4 rings (SSSR count). The van der Waals surface area contributed by atoms with Crippen LogP contribution < -0.4 is 16.2 Å². The van der Waals surface area contributed by atoms with Gasteiger partial charge in [-0.3, -0.25) is 14.3 Å². The van der Waals surface area contributed by atoms with Crippen LogP contribution in [0.3, 0.4) is 0 Å². The fraction of sp³-hybridized carbons (Fsp3) is 0.130. The van der Waals surface area contributed by atoms with Gasteiger partial charge in [0.2, 0.25) is 5.91 Å². The summed E-state index contributed by atoms with van der Waals surface area (Å²) in [6.45, 7) is 2.35. The fourth-order valence-electron chi connectivity index (χ4n) is 3.66. The fourth-order valence-corrected chi connectivity index (χ4v) is 3.66. The van der Waals surface area contributed by atoms with Crippen LogP contribution in [0, 0.1) is 6.92 Å². The van der Waals surface area contributed by atoms with Crippen LogP contribution >= 0.6 is 0 Å². The molecule has 0 unspecified atom stereocenters. The van der Waals surface area contributed by atoms with E-state index in [-0.39, 0.29) is 11.3 Å². The minimum atomic E-state index is -0.745. The molecule has 2 heterocycles. The number of hydrogen-bond acceptors (Lipinski definition) is 5. The van der Waals surface area contributed by atoms with Gasteiger partial charge in [-0.15, -0.1) is 0 Å². The lowest BCUT2D eigenvalue weighted by Gasteiger charge is -2.14. The number of ether oxygens (including phenoxy) is 1. The van der Waals surface area contributed by atoms with Gasteiger partial charge in [0.15, 0.2) is 0 Å². The summed E-state index contributed by atoms with van der Waals surface area (Å²) in [5.74, 6) is -0.648. The Bertz CT molecular complexity index is 1310. The lowest BCUT2D eigenvalue weighted by molar-refractivity contribution is 0.0996. The van der Waals surface area contributed by atoms with E-state index in [1.165, 1.54) is 0 Å². The molecular formula is C23H21N5O3. The maximum absolute atomic E-state index is 12.5. The van der Waals surface area contributed by atoms with Crippen molar-refractivity contribution < 1.29 is 14.3 Å². The maximum Gasteiger partial charge on any atom is 0.267 e. The lowest BCUT2D eigenvalue weighted by Crippen LogP contribution is -2.20. The highest BCUT2D eigenvalue weighted by atomic mass is 16.5. The summed E-state index contributed by atoms with van der Waals surface area (Å²) in [7, 11) is 1.61. The zero-order valence-electron chi connectivity index (χ0n) is 17.1. The molecule has 156 valence electrons. The van der Waals surface area contributed by atoms with Gasteiger partial charge >= 0.3 is 0 Å². The number of carbonyl (C=O) groups excluding carboxylic acids is 2. The molecule has 31 heavy (non-hydrogen) atoms. The maximum atomic E-state index is 12.5. The Morgan fingerprint density at radius 3 is 2.39 bits per heavy atom. The molecule has 8 heteroatoms. The van der Waals surface area contributed by atoms with Crippen molar-refractivity contribution >= 4 is 22.7 Å². The van der Waals surface area contributed by atoms with Crippen molar-refractivity contribution in [3.63, 3.8) is 0 Å². The number of aromatic nitrogens is 3. The average Bonchev–Trinajstić information content (AvgIpc) is 3.12. The summed E-state index contributed by atoms with van der Waals surface area (Å²) in [5.41, 5.74) is 14.7. The van der Waals surface area contributed by atoms with E-state index in [2.05, 4.69) is 10.1 Å². The van der Waals surface area contributed by atoms with Crippen molar-refractivity contribution in [1.82, 2.24) is 14.8 Å². The van der Waals surface area contributed by atoms with E-state index in [4.69, 9.17) is 16.2 Å². The Morgan fingerprint density at radius 1 is 1.03 bits per heavy atom. The number of rotatable bonds is 6. The SMILES string of the molecule is COc1ccc(Cn2ncc(-c3c(C(N)=O)nc4ccccc4c3C(N)=O)c2C)cc1. The molecule has 0 bridgehead atoms. The van der Waals surface area contributed by atoms with Crippen LogP contribution in [-0.4, -0.2) is 33.7 Å². The second kappa shape index (κ2) is 7.91. The van der Waals surface area contributed by atoms with Gasteiger partial charge in [0, 0.05) is 22.2 Å². The molecule has 0 saturated carbocycles. The molecule has 0 aliphatic rings. The summed E-state index contributed by atoms with van der Waals surface area (Å²) in [5, 5.41) is 5.02. The van der Waals surface area contributed by atoms with E-state index < -0.39 is 11.8 Å². The predicted octanol–water partition coefficient (Wildman–Crippen LogP) is 2.66. The zero-order chi connectivity index (χ0) is 22.1. The van der Waals surface area contributed by atoms with Crippen LogP contribution in [0.1, 0.15) is 32.1 Å². The Kier molecular flexibility index (Phi) is 5.12. The molecule has 2 aromatic carbocycles. The standard InChI is InChI=1S/C23H21N5O3/c1-13-17(11-26-28(13)12-14-7-9-15(31-2)10-8-14)19-20(22(24)29)16-5-3-4-6-18(16)27-21(19)23(25)30/h3-11H,12H2,1-2H3,(H2,24,29)(H2,25,30). The lowest BCUT2D eigenvalue weighted by atomic mass is 9.94. The Hall–Kier alpha value is -4.20. The molecule has 0 aliphatic heterocycles. The van der Waals surface area contributed by atoms with Crippen LogP contribution in [0.2, 0.25) is 0 Å². The third-order valence-corrected chi connectivity index (χ3v) is 5.24. The van der Waals surface area contributed by atoms with E-state index in [0.717, 1.165) is 17.0 Å². The van der Waals surface area contributed by atoms with E-state index in [1.54, 1.807) is 42.3 Å². The van der Waals surface area contributed by atoms with Crippen LogP contribution in [-0.2, 0) is 6.54 Å². The number of primary amides is 2. The highest BCUT2D eigenvalue weighted by Crippen LogP contribution is 2.34. The number of methoxy groups -OCH3 is 1. The Balaban J connectivity index is 1.88. The molecule has 2 amide bonds. The van der Waals surface area contributed by atoms with E-state index >= 15 is 0 Å². The van der Waals surface area contributed by atoms with Gasteiger partial charge in [0.05, 0.1) is 30.9 Å². The Morgan fingerprint density at radius 2 is 1.74 bits per heavy atom. The minimum absolute atomic E-state index is 0.0143. The smallest absolute Gasteiger partial charge is 0.267 e. The molecule has 0 atom stereocenters. The first kappa shape index (κ1) is 20.1. The minimum Gasteiger partial charge on any atom is -0.497 e. The number of nitrogens with two attached hydrogens (primary N) is 2. The van der Waals surface area contributed by atoms with Gasteiger partial charge in [0.25, 0.3) is 5.91 Å². The van der Waals surface area contributed by atoms with E-state index in [1.807, 2.05) is 31.2 Å². The summed E-state index contributed by atoms with van der Waals surface area (Å²) < 4.78 is 6.97. The number of hydrogen-bond donors (Lipinski definition) is 2. The summed E-state index contributed by atoms with van der Waals surface area (Å²) in [6.07, 6.45) is 1.60. The molecule has 8 nitrogen and oxygen atoms in total. The average molecular weight is 415 g/mol. The molecule has 4 N–H and O–H groups in total. The number of benzene rings is 2. The van der Waals surface area contributed by atoms with E-state index in [9.17, 15) is 9.59 Å². The molecule has 2 aromatic heterocycles. The third kappa shape index (κ3) is 3.59. The number of pyridine rings is 1. The summed E-state index contributed by atoms with van der Waals surface area (Å²) in [4.78, 5) is 29.1. The van der Waals surface area contributed by atoms with Crippen LogP contribution in [0.25, 0.3) is 22.0 Å². The van der Waals surface area contributed by atoms with Crippen molar-refractivity contribution in [3.8, 4) is 16.9 Å². The normalized spacial score (nSPS) is 10.9. The van der Waals surface area contributed by atoms with Gasteiger partial charge in [-0.05, 0) is 30.7 Å². The number of para-hydroxylation sites is 1. The van der Waals surface area contributed by atoms with Crippen molar-refractivity contribution in [1.29, 1.82) is 0 Å². The van der Waals surface area contributed by atoms with Crippen LogP contribution in [0.4, 0.5) is 0 Å². The highest BCUT2D eigenvalue weighted by molar-refractivity contribution is 6.15. The Labute approximate surface area is 178 Å². The topological polar surface area (TPSA) is 126 Å². The number of carbonyl (C=O) groups is 2. The van der Waals surface area contributed by atoms with Gasteiger partial charge < -0.3 is 16.2 Å². The van der Waals surface area contributed by atoms with Crippen molar-refractivity contribution in [3.05, 3.63) is 77.2 Å². The third-order valence-electron chi connectivity index (χ3n) is 5.24. The molecule has 0 spiro atoms. The second-order valence-electron chi connectivity index (χ2n) is 7.11. The number of nitrogens with zero attached hydrogens (tertiary/aromatic N) is 3. The quantitative estimate of drug-likeness (QED) is 0.501. The first-order valence-electron chi connectivity index (χ1n) is 9.58. The molecule has 4 aromatic rings. The predicted molar refractivity (Wildman–Crippen MR) is 117 cm³/mol. The van der Waals surface area contributed by atoms with Gasteiger partial charge in [0.1, 0.15) is 11.4 Å². The largest absolute Gasteiger partial charge is 0.497 e. The van der Waals surface area contributed by atoms with Gasteiger partial charge in [-0.2, -0.15) is 5.10 Å². The first-order chi connectivity index (χ1) is 14.9. The van der Waals surface area contributed by atoms with E-state index in [0.29, 0.717) is 28.6 Å². The molecular weight excluding hydrogens is 394 g/mol. The van der Waals surface area contributed by atoms with Gasteiger partial charge in [-0.25, -0.2) is 4.98 Å². The highest BCUT2D eigenvalue weighted by Gasteiger charge is 2.25. The van der Waals surface area contributed by atoms with Crippen LogP contribution in [0.15, 0.2) is 54.7 Å². The first-order valence-corrected chi connectivity index (χ1v) is 9.58. The zero-order valence-corrected chi connectivity index (χ0v) is 17.1. The molecule has 0 saturated heterocycles. The van der Waals surface area contributed by atoms with Crippen molar-refractivity contribution in [2.24, 2.45) is 11.5 Å². The summed E-state index contributed by atoms with van der Waals surface area (Å²) in [6, 6.07) is 14.6. The second-order valence-corrected chi connectivity index (χ2v) is 7.11. The van der Waals surface area contributed by atoms with Crippen molar-refractivity contribution in [2.45, 2.75) is 13.5 Å². The summed E-state index contributed by atoms with van der Waals surface area (Å²) >= 11 is 0. The van der Waals surface area contributed by atoms with Gasteiger partial charge in [-0.1, -0.05) is 30.3 Å².